The van der Waals surface area contributed by atoms with E-state index in [0.29, 0.717) is 5.56 Å². The van der Waals surface area contributed by atoms with Crippen LogP contribution >= 0.6 is 11.6 Å². The van der Waals surface area contributed by atoms with Crippen LogP contribution in [0.5, 0.6) is 5.75 Å². The molecule has 0 bridgehead atoms. The molecule has 5 nitrogen and oxygen atoms in total. The van der Waals surface area contributed by atoms with Gasteiger partial charge < -0.3 is 20.5 Å². The lowest BCUT2D eigenvalue weighted by Crippen LogP contribution is -2.55. The van der Waals surface area contributed by atoms with E-state index < -0.39 is 41.5 Å². The van der Waals surface area contributed by atoms with Crippen molar-refractivity contribution in [3.05, 3.63) is 68.2 Å². The maximum atomic E-state index is 14.3. The van der Waals surface area contributed by atoms with E-state index in [1.807, 2.05) is 0 Å². The molecule has 1 aromatic heterocycles. The Morgan fingerprint density at radius 1 is 1.27 bits per heavy atom. The van der Waals surface area contributed by atoms with Gasteiger partial charge >= 0.3 is 6.18 Å². The quantitative estimate of drug-likeness (QED) is 0.360. The molecule has 0 fully saturated rings. The Hall–Kier alpha value is -2.78. The molecule has 2 aromatic carbocycles. The van der Waals surface area contributed by atoms with Gasteiger partial charge in [0, 0.05) is 33.3 Å². The molecule has 1 heterocycles. The summed E-state index contributed by atoms with van der Waals surface area (Å²) in [6.07, 6.45) is -5.53. The molecule has 176 valence electrons. The van der Waals surface area contributed by atoms with E-state index in [1.165, 1.54) is 12.1 Å². The molecule has 3 atom stereocenters. The lowest BCUT2D eigenvalue weighted by molar-refractivity contribution is -0.272. The Morgan fingerprint density at radius 3 is 2.61 bits per heavy atom. The Bertz CT molecular complexity index is 1310. The molecule has 0 radical (unpaired) electrons. The topological polar surface area (TPSA) is 85.4 Å². The van der Waals surface area contributed by atoms with Crippen molar-refractivity contribution in [2.45, 2.75) is 50.4 Å². The highest BCUT2D eigenvalue weighted by atomic mass is 35.5. The molecule has 0 aliphatic heterocycles. The Morgan fingerprint density at radius 2 is 1.97 bits per heavy atom. The van der Waals surface area contributed by atoms with Crippen molar-refractivity contribution in [2.24, 2.45) is 0 Å². The summed E-state index contributed by atoms with van der Waals surface area (Å²) >= 11 is 6.20. The van der Waals surface area contributed by atoms with Crippen LogP contribution in [0.1, 0.15) is 48.4 Å². The molecule has 0 saturated heterocycles. The number of nitrogens with one attached hydrogen (secondary N) is 2. The second-order valence-electron chi connectivity index (χ2n) is 8.38. The summed E-state index contributed by atoms with van der Waals surface area (Å²) in [6.45, 7) is 3.22. The van der Waals surface area contributed by atoms with Gasteiger partial charge in [0.25, 0.3) is 0 Å². The normalized spacial score (nSPS) is 22.9. The molecule has 1 aliphatic rings. The number of halogens is 5. The number of alkyl halides is 3. The van der Waals surface area contributed by atoms with E-state index in [4.69, 9.17) is 11.6 Å². The number of aromatic hydroxyl groups is 1. The number of hydrogen-bond donors (Lipinski definition) is 4. The minimum atomic E-state index is -5.06. The number of H-pyrrole nitrogens is 1. The number of aliphatic hydroxyl groups is 1. The van der Waals surface area contributed by atoms with Crippen molar-refractivity contribution in [2.75, 3.05) is 5.32 Å². The Kier molecular flexibility index (Phi) is 5.61. The molecule has 0 amide bonds. The fourth-order valence-corrected chi connectivity index (χ4v) is 4.84. The molecule has 0 unspecified atom stereocenters. The molecule has 4 N–H and O–H groups in total. The van der Waals surface area contributed by atoms with Crippen LogP contribution in [0, 0.1) is 12.7 Å². The molecule has 4 rings (SSSR count). The van der Waals surface area contributed by atoms with E-state index in [0.717, 1.165) is 18.2 Å². The molecule has 1 aliphatic carbocycles. The van der Waals surface area contributed by atoms with Crippen molar-refractivity contribution < 1.29 is 27.8 Å². The Labute approximate surface area is 191 Å². The molecule has 33 heavy (non-hydrogen) atoms. The smallest absolute Gasteiger partial charge is 0.419 e. The molecule has 0 spiro atoms. The first-order valence-electron chi connectivity index (χ1n) is 10.3. The standard InChI is InChI=1S/C23H21ClF4N2O3/c1-3-11-9-22(33,23(26,27)28)21(14-8-15(24)10(2)20(32)19(11)14)30-17-7-12(25)6-16-13(17)4-5-18(31)29-16/h4-8,11,21,30,32-33H,3,9H2,1-2H3,(H,29,31)/t11-,21+,22+/m1/s1. The third-order valence-corrected chi connectivity index (χ3v) is 6.80. The minimum Gasteiger partial charge on any atom is -0.507 e. The first-order valence-corrected chi connectivity index (χ1v) is 10.6. The van der Waals surface area contributed by atoms with Gasteiger partial charge in [0.2, 0.25) is 5.56 Å². The highest BCUT2D eigenvalue weighted by molar-refractivity contribution is 6.31. The molecule has 0 saturated carbocycles. The van der Waals surface area contributed by atoms with Gasteiger partial charge in [-0.3, -0.25) is 4.79 Å². The third-order valence-electron chi connectivity index (χ3n) is 6.40. The van der Waals surface area contributed by atoms with Gasteiger partial charge in [-0.1, -0.05) is 18.5 Å². The second-order valence-corrected chi connectivity index (χ2v) is 8.79. The number of aromatic amines is 1. The van der Waals surface area contributed by atoms with Crippen molar-refractivity contribution >= 4 is 28.2 Å². The van der Waals surface area contributed by atoms with Gasteiger partial charge in [0.15, 0.2) is 5.60 Å². The van der Waals surface area contributed by atoms with Crippen LogP contribution in [0.2, 0.25) is 5.02 Å². The maximum absolute atomic E-state index is 14.3. The van der Waals surface area contributed by atoms with E-state index in [2.05, 4.69) is 10.3 Å². The number of pyridine rings is 1. The first kappa shape index (κ1) is 23.4. The number of anilines is 1. The van der Waals surface area contributed by atoms with Crippen LogP contribution in [-0.4, -0.2) is 27.0 Å². The largest absolute Gasteiger partial charge is 0.507 e. The first-order chi connectivity index (χ1) is 15.4. The van der Waals surface area contributed by atoms with Gasteiger partial charge in [0.1, 0.15) is 11.6 Å². The van der Waals surface area contributed by atoms with Crippen LogP contribution in [0.4, 0.5) is 23.2 Å². The van der Waals surface area contributed by atoms with E-state index in [-0.39, 0.29) is 44.9 Å². The highest BCUT2D eigenvalue weighted by Crippen LogP contribution is 2.56. The fraction of sp³-hybridized carbons (Fsp3) is 0.348. The molecule has 3 aromatic rings. The van der Waals surface area contributed by atoms with Gasteiger partial charge in [-0.25, -0.2) is 4.39 Å². The highest BCUT2D eigenvalue weighted by Gasteiger charge is 2.62. The molecular weight excluding hydrogens is 464 g/mol. The van der Waals surface area contributed by atoms with Crippen molar-refractivity contribution in [3.8, 4) is 5.75 Å². The third kappa shape index (κ3) is 3.73. The number of rotatable bonds is 3. The number of hydrogen-bond acceptors (Lipinski definition) is 4. The van der Waals surface area contributed by atoms with Gasteiger partial charge in [0.05, 0.1) is 11.6 Å². The average molecular weight is 485 g/mol. The summed E-state index contributed by atoms with van der Waals surface area (Å²) < 4.78 is 57.2. The maximum Gasteiger partial charge on any atom is 0.419 e. The SMILES string of the molecule is CC[C@@H]1C[C@@](O)(C(F)(F)F)[C@@H](Nc2cc(F)cc3[nH]c(=O)ccc23)c2cc(Cl)c(C)c(O)c21. The number of aromatic nitrogens is 1. The van der Waals surface area contributed by atoms with Gasteiger partial charge in [-0.05, 0) is 55.5 Å². The Balaban J connectivity index is 1.99. The monoisotopic (exact) mass is 484 g/mol. The van der Waals surface area contributed by atoms with Gasteiger partial charge in [-0.15, -0.1) is 0 Å². The number of benzene rings is 2. The van der Waals surface area contributed by atoms with E-state index in [9.17, 15) is 32.6 Å². The summed E-state index contributed by atoms with van der Waals surface area (Å²) in [4.78, 5) is 14.1. The van der Waals surface area contributed by atoms with E-state index in [1.54, 1.807) is 13.8 Å². The molecular formula is C23H21ClF4N2O3. The predicted octanol–water partition coefficient (Wildman–Crippen LogP) is 5.68. The van der Waals surface area contributed by atoms with Crippen molar-refractivity contribution in [3.63, 3.8) is 0 Å². The van der Waals surface area contributed by atoms with E-state index >= 15 is 0 Å². The van der Waals surface area contributed by atoms with Crippen LogP contribution in [0.15, 0.2) is 35.1 Å². The summed E-state index contributed by atoms with van der Waals surface area (Å²) in [5.41, 5.74) is -3.18. The number of fused-ring (bicyclic) bond motifs is 2. The second kappa shape index (κ2) is 7.92. The van der Waals surface area contributed by atoms with Crippen LogP contribution in [0.25, 0.3) is 10.9 Å². The zero-order valence-corrected chi connectivity index (χ0v) is 18.4. The zero-order chi connectivity index (χ0) is 24.3. The number of phenolic OH excluding ortho intramolecular Hbond substituents is 1. The lowest BCUT2D eigenvalue weighted by Gasteiger charge is -2.46. The summed E-state index contributed by atoms with van der Waals surface area (Å²) in [6, 6.07) is 4.03. The van der Waals surface area contributed by atoms with Crippen molar-refractivity contribution in [1.29, 1.82) is 0 Å². The fourth-order valence-electron chi connectivity index (χ4n) is 4.63. The lowest BCUT2D eigenvalue weighted by atomic mass is 9.68. The summed E-state index contributed by atoms with van der Waals surface area (Å²) in [5, 5.41) is 24.7. The van der Waals surface area contributed by atoms with Gasteiger partial charge in [-0.2, -0.15) is 13.2 Å². The summed E-state index contributed by atoms with van der Waals surface area (Å²) in [5.74, 6) is -1.82. The zero-order valence-electron chi connectivity index (χ0n) is 17.6. The van der Waals surface area contributed by atoms with Crippen LogP contribution < -0.4 is 10.9 Å². The van der Waals surface area contributed by atoms with Crippen LogP contribution in [-0.2, 0) is 0 Å². The summed E-state index contributed by atoms with van der Waals surface area (Å²) in [7, 11) is 0. The predicted molar refractivity (Wildman–Crippen MR) is 117 cm³/mol. The van der Waals surface area contributed by atoms with Crippen molar-refractivity contribution in [1.82, 2.24) is 4.98 Å². The average Bonchev–Trinajstić information content (AvgIpc) is 2.72. The number of phenols is 1. The van der Waals surface area contributed by atoms with Crippen LogP contribution in [0.3, 0.4) is 0 Å². The minimum absolute atomic E-state index is 0.0251. The molecule has 10 heteroatoms.